The Kier molecular flexibility index (Phi) is 5.29. The van der Waals surface area contributed by atoms with Crippen molar-refractivity contribution < 1.29 is 14.4 Å². The fraction of sp³-hybridized carbons (Fsp3) is 0.316. The van der Waals surface area contributed by atoms with Crippen LogP contribution < -0.4 is 21.3 Å². The Hall–Kier alpha value is -2.71. The van der Waals surface area contributed by atoms with Gasteiger partial charge in [-0.15, -0.1) is 11.3 Å². The van der Waals surface area contributed by atoms with Crippen molar-refractivity contribution in [1.82, 2.24) is 5.32 Å². The smallest absolute Gasteiger partial charge is 0.268 e. The zero-order valence-corrected chi connectivity index (χ0v) is 16.1. The van der Waals surface area contributed by atoms with Crippen LogP contribution in [0.5, 0.6) is 0 Å². The Bertz CT molecular complexity index is 877. The first-order chi connectivity index (χ1) is 12.8. The molecule has 2 aromatic rings. The Balaban J connectivity index is 1.83. The number of carbonyl (C=O) groups excluding carboxylic acids is 3. The number of nitrogens with two attached hydrogens (primary N) is 1. The standard InChI is InChI=1S/C19H22N4O3S/c1-19(2,10-20)11-21-17(25)12-5-6-14-13(8-12)22-16(24)9-23(14)18(26)15-4-3-7-27-15/h3-8H,9-11,20H2,1-2H3,(H,21,25)(H,22,24). The number of nitrogens with one attached hydrogen (secondary N) is 2. The molecule has 0 bridgehead atoms. The highest BCUT2D eigenvalue weighted by Gasteiger charge is 2.29. The lowest BCUT2D eigenvalue weighted by Gasteiger charge is -2.29. The lowest BCUT2D eigenvalue weighted by molar-refractivity contribution is -0.115. The van der Waals surface area contributed by atoms with E-state index in [-0.39, 0.29) is 29.7 Å². The van der Waals surface area contributed by atoms with Crippen molar-refractivity contribution in [2.24, 2.45) is 11.1 Å². The third-order valence-corrected chi connectivity index (χ3v) is 5.24. The van der Waals surface area contributed by atoms with E-state index in [1.165, 1.54) is 16.2 Å². The predicted molar refractivity (Wildman–Crippen MR) is 106 cm³/mol. The van der Waals surface area contributed by atoms with E-state index >= 15 is 0 Å². The van der Waals surface area contributed by atoms with E-state index in [0.717, 1.165) is 0 Å². The van der Waals surface area contributed by atoms with E-state index < -0.39 is 0 Å². The molecule has 4 N–H and O–H groups in total. The lowest BCUT2D eigenvalue weighted by Crippen LogP contribution is -2.42. The predicted octanol–water partition coefficient (Wildman–Crippen LogP) is 2.06. The first-order valence-corrected chi connectivity index (χ1v) is 9.46. The minimum absolute atomic E-state index is 0.0556. The molecule has 1 aliphatic rings. The highest BCUT2D eigenvalue weighted by Crippen LogP contribution is 2.32. The van der Waals surface area contributed by atoms with Crippen LogP contribution in [0, 0.1) is 5.41 Å². The van der Waals surface area contributed by atoms with Crippen molar-refractivity contribution in [1.29, 1.82) is 0 Å². The Morgan fingerprint density at radius 3 is 2.78 bits per heavy atom. The van der Waals surface area contributed by atoms with E-state index in [9.17, 15) is 14.4 Å². The Morgan fingerprint density at radius 1 is 1.33 bits per heavy atom. The van der Waals surface area contributed by atoms with Gasteiger partial charge in [-0.25, -0.2) is 0 Å². The molecule has 0 saturated carbocycles. The van der Waals surface area contributed by atoms with Gasteiger partial charge in [-0.1, -0.05) is 19.9 Å². The molecule has 7 nitrogen and oxygen atoms in total. The van der Waals surface area contributed by atoms with Crippen LogP contribution in [-0.4, -0.2) is 37.4 Å². The van der Waals surface area contributed by atoms with E-state index in [1.807, 2.05) is 19.2 Å². The molecule has 27 heavy (non-hydrogen) atoms. The number of hydrogen-bond donors (Lipinski definition) is 3. The maximum atomic E-state index is 12.7. The number of anilines is 2. The van der Waals surface area contributed by atoms with E-state index in [2.05, 4.69) is 10.6 Å². The quantitative estimate of drug-likeness (QED) is 0.731. The summed E-state index contributed by atoms with van der Waals surface area (Å²) in [5.74, 6) is -0.785. The van der Waals surface area contributed by atoms with Gasteiger partial charge in [0, 0.05) is 12.1 Å². The minimum Gasteiger partial charge on any atom is -0.351 e. The summed E-state index contributed by atoms with van der Waals surface area (Å²) in [6.45, 7) is 4.77. The number of benzene rings is 1. The molecular formula is C19H22N4O3S. The van der Waals surface area contributed by atoms with Crippen molar-refractivity contribution >= 4 is 40.4 Å². The van der Waals surface area contributed by atoms with Gasteiger partial charge in [0.05, 0.1) is 16.3 Å². The summed E-state index contributed by atoms with van der Waals surface area (Å²) in [7, 11) is 0. The maximum Gasteiger partial charge on any atom is 0.268 e. The minimum atomic E-state index is -0.297. The van der Waals surface area contributed by atoms with Gasteiger partial charge in [0.1, 0.15) is 6.54 Å². The van der Waals surface area contributed by atoms with Gasteiger partial charge >= 0.3 is 0 Å². The fourth-order valence-electron chi connectivity index (χ4n) is 2.64. The van der Waals surface area contributed by atoms with Crippen molar-refractivity contribution in [3.63, 3.8) is 0 Å². The maximum absolute atomic E-state index is 12.7. The molecule has 0 aliphatic carbocycles. The zero-order valence-electron chi connectivity index (χ0n) is 15.2. The van der Waals surface area contributed by atoms with Crippen LogP contribution in [0.2, 0.25) is 0 Å². The van der Waals surface area contributed by atoms with Crippen LogP contribution in [0.1, 0.15) is 33.9 Å². The second-order valence-corrected chi connectivity index (χ2v) is 8.15. The summed E-state index contributed by atoms with van der Waals surface area (Å²) < 4.78 is 0. The lowest BCUT2D eigenvalue weighted by atomic mass is 9.94. The van der Waals surface area contributed by atoms with Gasteiger partial charge in [-0.05, 0) is 41.6 Å². The molecule has 0 unspecified atom stereocenters. The molecule has 0 spiro atoms. The van der Waals surface area contributed by atoms with Gasteiger partial charge in [-0.3, -0.25) is 19.3 Å². The number of nitrogens with zero attached hydrogens (tertiary/aromatic N) is 1. The molecule has 3 rings (SSSR count). The van der Waals surface area contributed by atoms with Crippen molar-refractivity contribution in [2.45, 2.75) is 13.8 Å². The largest absolute Gasteiger partial charge is 0.351 e. The first-order valence-electron chi connectivity index (χ1n) is 8.58. The van der Waals surface area contributed by atoms with Gasteiger partial charge in [0.25, 0.3) is 11.8 Å². The second kappa shape index (κ2) is 7.50. The number of amides is 3. The summed E-state index contributed by atoms with van der Waals surface area (Å²) in [6.07, 6.45) is 0. The number of carbonyl (C=O) groups is 3. The Morgan fingerprint density at radius 2 is 2.11 bits per heavy atom. The molecule has 1 aromatic carbocycles. The highest BCUT2D eigenvalue weighted by atomic mass is 32.1. The summed E-state index contributed by atoms with van der Waals surface area (Å²) in [5, 5.41) is 7.41. The van der Waals surface area contributed by atoms with Crippen LogP contribution in [0.25, 0.3) is 0 Å². The topological polar surface area (TPSA) is 105 Å². The van der Waals surface area contributed by atoms with Crippen LogP contribution in [-0.2, 0) is 4.79 Å². The van der Waals surface area contributed by atoms with Gasteiger partial charge in [0.2, 0.25) is 5.91 Å². The van der Waals surface area contributed by atoms with E-state index in [1.54, 1.807) is 30.3 Å². The molecule has 0 saturated heterocycles. The third kappa shape index (κ3) is 4.17. The average molecular weight is 386 g/mol. The SMILES string of the molecule is CC(C)(CN)CNC(=O)c1ccc2c(c1)NC(=O)CN2C(=O)c1cccs1. The molecule has 8 heteroatoms. The summed E-state index contributed by atoms with van der Waals surface area (Å²) >= 11 is 1.32. The van der Waals surface area contributed by atoms with Gasteiger partial charge in [-0.2, -0.15) is 0 Å². The second-order valence-electron chi connectivity index (χ2n) is 7.20. The molecule has 0 fully saturated rings. The van der Waals surface area contributed by atoms with Crippen LogP contribution in [0.3, 0.4) is 0 Å². The molecule has 0 atom stereocenters. The van der Waals surface area contributed by atoms with Crippen molar-refractivity contribution in [2.75, 3.05) is 29.9 Å². The molecule has 1 aliphatic heterocycles. The average Bonchev–Trinajstić information content (AvgIpc) is 3.19. The molecule has 3 amide bonds. The number of hydrogen-bond acceptors (Lipinski definition) is 5. The summed E-state index contributed by atoms with van der Waals surface area (Å²) in [5.41, 5.74) is 6.91. The van der Waals surface area contributed by atoms with Crippen LogP contribution in [0.4, 0.5) is 11.4 Å². The van der Waals surface area contributed by atoms with Gasteiger partial charge in [0.15, 0.2) is 0 Å². The van der Waals surface area contributed by atoms with Gasteiger partial charge < -0.3 is 16.4 Å². The Labute approximate surface area is 161 Å². The molecule has 0 radical (unpaired) electrons. The number of rotatable bonds is 5. The van der Waals surface area contributed by atoms with Crippen molar-refractivity contribution in [3.05, 3.63) is 46.2 Å². The zero-order chi connectivity index (χ0) is 19.6. The summed E-state index contributed by atoms with van der Waals surface area (Å²) in [6, 6.07) is 8.43. The van der Waals surface area contributed by atoms with Crippen LogP contribution in [0.15, 0.2) is 35.7 Å². The highest BCUT2D eigenvalue weighted by molar-refractivity contribution is 7.12. The molecule has 142 valence electrons. The fourth-order valence-corrected chi connectivity index (χ4v) is 3.31. The van der Waals surface area contributed by atoms with Crippen molar-refractivity contribution in [3.8, 4) is 0 Å². The first kappa shape index (κ1) is 19.1. The van der Waals surface area contributed by atoms with E-state index in [0.29, 0.717) is 34.9 Å². The number of fused-ring (bicyclic) bond motifs is 1. The molecule has 1 aromatic heterocycles. The van der Waals surface area contributed by atoms with Crippen LogP contribution >= 0.6 is 11.3 Å². The monoisotopic (exact) mass is 386 g/mol. The normalized spacial score (nSPS) is 13.7. The molecule has 2 heterocycles. The van der Waals surface area contributed by atoms with E-state index in [4.69, 9.17) is 5.73 Å². The third-order valence-electron chi connectivity index (χ3n) is 4.38. The number of thiophene rings is 1. The summed E-state index contributed by atoms with van der Waals surface area (Å²) in [4.78, 5) is 39.2. The molecular weight excluding hydrogens is 364 g/mol.